The molecule has 0 aliphatic heterocycles. The summed E-state index contributed by atoms with van der Waals surface area (Å²) in [5.74, 6) is -0.197. The Bertz CT molecular complexity index is 1170. The van der Waals surface area contributed by atoms with Crippen LogP contribution in [0, 0.1) is 0 Å². The lowest BCUT2D eigenvalue weighted by atomic mass is 10.0. The second-order valence-electron chi connectivity index (χ2n) is 6.76. The summed E-state index contributed by atoms with van der Waals surface area (Å²) in [6.07, 6.45) is 6.28. The Labute approximate surface area is 177 Å². The molecular formula is C20H19FN4O3S2. The van der Waals surface area contributed by atoms with E-state index < -0.39 is 16.2 Å². The van der Waals surface area contributed by atoms with Gasteiger partial charge in [0.25, 0.3) is 10.0 Å². The van der Waals surface area contributed by atoms with Crippen LogP contribution in [0.15, 0.2) is 59.1 Å². The number of aromatic nitrogens is 2. The van der Waals surface area contributed by atoms with Crippen molar-refractivity contribution in [2.24, 2.45) is 0 Å². The van der Waals surface area contributed by atoms with Crippen molar-refractivity contribution in [3.05, 3.63) is 65.4 Å². The molecular weight excluding hydrogens is 427 g/mol. The molecule has 4 rings (SSSR count). The first-order valence-corrected chi connectivity index (χ1v) is 11.6. The van der Waals surface area contributed by atoms with Crippen LogP contribution in [0.2, 0.25) is 0 Å². The topological polar surface area (TPSA) is 93.1 Å². The lowest BCUT2D eigenvalue weighted by Crippen LogP contribution is -2.16. The van der Waals surface area contributed by atoms with Gasteiger partial charge >= 0.3 is 0 Å². The van der Waals surface area contributed by atoms with E-state index in [0.717, 1.165) is 11.3 Å². The molecule has 10 heteroatoms. The zero-order valence-corrected chi connectivity index (χ0v) is 17.4. The number of allylic oxidation sites excluding steroid dienone is 1. The third-order valence-electron chi connectivity index (χ3n) is 4.65. The molecule has 3 aromatic rings. The molecule has 0 fully saturated rings. The number of nitrogens with one attached hydrogen (secondary N) is 2. The van der Waals surface area contributed by atoms with E-state index in [4.69, 9.17) is 0 Å². The summed E-state index contributed by atoms with van der Waals surface area (Å²) in [6.45, 7) is 0.465. The smallest absolute Gasteiger partial charge is 0.263 e. The Morgan fingerprint density at radius 1 is 1.27 bits per heavy atom. The zero-order valence-electron chi connectivity index (χ0n) is 15.8. The van der Waals surface area contributed by atoms with Crippen LogP contribution in [0.1, 0.15) is 17.7 Å². The Balaban J connectivity index is 1.34. The van der Waals surface area contributed by atoms with Gasteiger partial charge in [0.2, 0.25) is 5.91 Å². The zero-order chi connectivity index (χ0) is 21.1. The summed E-state index contributed by atoms with van der Waals surface area (Å²) >= 11 is 1.19. The SMILES string of the molecule is O=C(CCn1ccc2c1C=CC(F)C2)Nc1ccc(S(=O)(=O)Nc2nccs2)cc1. The Hall–Kier alpha value is -2.98. The molecule has 1 atom stereocenters. The van der Waals surface area contributed by atoms with Gasteiger partial charge in [0, 0.05) is 48.5 Å². The number of carbonyl (C=O) groups is 1. The lowest BCUT2D eigenvalue weighted by Gasteiger charge is -2.13. The maximum Gasteiger partial charge on any atom is 0.263 e. The number of alkyl halides is 1. The van der Waals surface area contributed by atoms with Crippen LogP contribution in [0.25, 0.3) is 6.08 Å². The highest BCUT2D eigenvalue weighted by Crippen LogP contribution is 2.23. The van der Waals surface area contributed by atoms with Crippen molar-refractivity contribution in [3.63, 3.8) is 0 Å². The summed E-state index contributed by atoms with van der Waals surface area (Å²) in [5.41, 5.74) is 2.37. The largest absolute Gasteiger partial charge is 0.347 e. The molecule has 156 valence electrons. The number of fused-ring (bicyclic) bond motifs is 1. The first-order chi connectivity index (χ1) is 14.4. The Kier molecular flexibility index (Phi) is 5.69. The van der Waals surface area contributed by atoms with E-state index in [9.17, 15) is 17.6 Å². The fourth-order valence-corrected chi connectivity index (χ4v) is 4.97. The average molecular weight is 447 g/mol. The molecule has 0 saturated heterocycles. The number of halogens is 1. The molecule has 7 nitrogen and oxygen atoms in total. The number of hydrogen-bond donors (Lipinski definition) is 2. The molecule has 2 aromatic heterocycles. The van der Waals surface area contributed by atoms with Crippen molar-refractivity contribution in [2.45, 2.75) is 30.5 Å². The van der Waals surface area contributed by atoms with E-state index in [1.165, 1.54) is 47.9 Å². The minimum Gasteiger partial charge on any atom is -0.347 e. The third-order valence-corrected chi connectivity index (χ3v) is 6.83. The highest BCUT2D eigenvalue weighted by Gasteiger charge is 2.17. The summed E-state index contributed by atoms with van der Waals surface area (Å²) in [7, 11) is -3.73. The maximum atomic E-state index is 13.4. The van der Waals surface area contributed by atoms with Gasteiger partial charge in [-0.1, -0.05) is 0 Å². The second-order valence-corrected chi connectivity index (χ2v) is 9.34. The molecule has 30 heavy (non-hydrogen) atoms. The van der Waals surface area contributed by atoms with E-state index in [1.807, 2.05) is 16.8 Å². The van der Waals surface area contributed by atoms with Crippen molar-refractivity contribution >= 4 is 44.2 Å². The highest BCUT2D eigenvalue weighted by atomic mass is 32.2. The number of rotatable bonds is 7. The van der Waals surface area contributed by atoms with Crippen LogP contribution < -0.4 is 10.0 Å². The van der Waals surface area contributed by atoms with E-state index in [0.29, 0.717) is 18.7 Å². The molecule has 0 bridgehead atoms. The van der Waals surface area contributed by atoms with Crippen molar-refractivity contribution in [1.82, 2.24) is 9.55 Å². The molecule has 1 aliphatic rings. The summed E-state index contributed by atoms with van der Waals surface area (Å²) < 4.78 is 42.4. The third kappa shape index (κ3) is 4.60. The molecule has 0 radical (unpaired) electrons. The monoisotopic (exact) mass is 446 g/mol. The molecule has 1 aromatic carbocycles. The summed E-state index contributed by atoms with van der Waals surface area (Å²) in [4.78, 5) is 16.3. The number of thiazole rings is 1. The van der Waals surface area contributed by atoms with Crippen LogP contribution in [0.3, 0.4) is 0 Å². The molecule has 0 saturated carbocycles. The molecule has 1 aliphatic carbocycles. The minimum atomic E-state index is -3.73. The number of aryl methyl sites for hydroxylation is 1. The summed E-state index contributed by atoms with van der Waals surface area (Å²) in [6, 6.07) is 7.80. The predicted octanol–water partition coefficient (Wildman–Crippen LogP) is 3.68. The first kappa shape index (κ1) is 20.3. The van der Waals surface area contributed by atoms with Crippen molar-refractivity contribution in [2.75, 3.05) is 10.0 Å². The van der Waals surface area contributed by atoms with Gasteiger partial charge in [0.05, 0.1) is 4.90 Å². The van der Waals surface area contributed by atoms with Crippen molar-refractivity contribution in [3.8, 4) is 0 Å². The van der Waals surface area contributed by atoms with Gasteiger partial charge in [-0.3, -0.25) is 9.52 Å². The highest BCUT2D eigenvalue weighted by molar-refractivity contribution is 7.93. The number of sulfonamides is 1. The van der Waals surface area contributed by atoms with E-state index in [1.54, 1.807) is 11.5 Å². The molecule has 0 spiro atoms. The molecule has 1 amide bonds. The summed E-state index contributed by atoms with van der Waals surface area (Å²) in [5, 5.41) is 4.72. The molecule has 2 N–H and O–H groups in total. The van der Waals surface area contributed by atoms with Crippen molar-refractivity contribution < 1.29 is 17.6 Å². The number of benzene rings is 1. The number of nitrogens with zero attached hydrogens (tertiary/aromatic N) is 2. The lowest BCUT2D eigenvalue weighted by molar-refractivity contribution is -0.116. The van der Waals surface area contributed by atoms with Gasteiger partial charge in [-0.15, -0.1) is 11.3 Å². The van der Waals surface area contributed by atoms with Gasteiger partial charge in [-0.25, -0.2) is 17.8 Å². The van der Waals surface area contributed by atoms with Crippen LogP contribution >= 0.6 is 11.3 Å². The van der Waals surface area contributed by atoms with Gasteiger partial charge < -0.3 is 9.88 Å². The first-order valence-electron chi connectivity index (χ1n) is 9.23. The number of amides is 1. The predicted molar refractivity (Wildman–Crippen MR) is 115 cm³/mol. The number of anilines is 2. The van der Waals surface area contributed by atoms with Crippen LogP contribution in [0.5, 0.6) is 0 Å². The number of hydrogen-bond acceptors (Lipinski definition) is 5. The standard InChI is InChI=1S/C20H19FN4O3S2/c21-15-1-6-18-14(13-15)7-10-25(18)11-8-19(26)23-16-2-4-17(5-3-16)30(27,28)24-20-22-9-12-29-20/h1-7,9-10,12,15H,8,11,13H2,(H,22,24)(H,23,26). The fourth-order valence-electron chi connectivity index (χ4n) is 3.18. The normalized spacial score (nSPS) is 15.6. The van der Waals surface area contributed by atoms with Crippen LogP contribution in [-0.2, 0) is 27.8 Å². The molecule has 2 heterocycles. The van der Waals surface area contributed by atoms with Crippen LogP contribution in [-0.4, -0.2) is 30.0 Å². The quantitative estimate of drug-likeness (QED) is 0.579. The Morgan fingerprint density at radius 2 is 2.07 bits per heavy atom. The second kappa shape index (κ2) is 8.41. The average Bonchev–Trinajstić information content (AvgIpc) is 3.36. The van der Waals surface area contributed by atoms with Gasteiger partial charge in [-0.05, 0) is 48.0 Å². The fraction of sp³-hybridized carbons (Fsp3) is 0.200. The van der Waals surface area contributed by atoms with Gasteiger partial charge in [0.15, 0.2) is 5.13 Å². The van der Waals surface area contributed by atoms with Gasteiger partial charge in [-0.2, -0.15) is 0 Å². The minimum absolute atomic E-state index is 0.0765. The molecule has 1 unspecified atom stereocenters. The maximum absolute atomic E-state index is 13.4. The van der Waals surface area contributed by atoms with E-state index in [-0.39, 0.29) is 22.4 Å². The van der Waals surface area contributed by atoms with Gasteiger partial charge in [0.1, 0.15) is 6.17 Å². The van der Waals surface area contributed by atoms with Crippen LogP contribution in [0.4, 0.5) is 15.2 Å². The van der Waals surface area contributed by atoms with E-state index >= 15 is 0 Å². The van der Waals surface area contributed by atoms with Crippen molar-refractivity contribution in [1.29, 1.82) is 0 Å². The van der Waals surface area contributed by atoms with E-state index in [2.05, 4.69) is 15.0 Å². The Morgan fingerprint density at radius 3 is 2.80 bits per heavy atom. The number of carbonyl (C=O) groups excluding carboxylic acids is 1.